The van der Waals surface area contributed by atoms with Crippen molar-refractivity contribution in [2.24, 2.45) is 0 Å². The highest BCUT2D eigenvalue weighted by atomic mass is 32.1. The van der Waals surface area contributed by atoms with E-state index in [-0.39, 0.29) is 5.13 Å². The van der Waals surface area contributed by atoms with Gasteiger partial charge in [-0.3, -0.25) is 4.68 Å². The van der Waals surface area contributed by atoms with Crippen LogP contribution in [-0.2, 0) is 13.1 Å². The Morgan fingerprint density at radius 2 is 2.31 bits per heavy atom. The fraction of sp³-hybridized carbons (Fsp3) is 0.364. The van der Waals surface area contributed by atoms with Gasteiger partial charge in [-0.05, 0) is 26.0 Å². The quantitative estimate of drug-likeness (QED) is 0.888. The normalized spacial score (nSPS) is 10.7. The Labute approximate surface area is 97.9 Å². The lowest BCUT2D eigenvalue weighted by Gasteiger charge is -2.01. The molecule has 0 radical (unpaired) electrons. The molecule has 0 aliphatic rings. The minimum Gasteiger partial charge on any atom is -0.377 e. The van der Waals surface area contributed by atoms with E-state index in [0.29, 0.717) is 6.54 Å². The van der Waals surface area contributed by atoms with Crippen LogP contribution >= 0.6 is 11.3 Å². The number of anilines is 1. The van der Waals surface area contributed by atoms with Crippen LogP contribution in [0.1, 0.15) is 17.5 Å². The first-order valence-corrected chi connectivity index (χ1v) is 6.03. The first-order chi connectivity index (χ1) is 7.69. The third-order valence-corrected chi connectivity index (χ3v) is 3.23. The van der Waals surface area contributed by atoms with E-state index in [0.717, 1.165) is 22.8 Å². The summed E-state index contributed by atoms with van der Waals surface area (Å²) >= 11 is 1.17. The molecule has 0 saturated heterocycles. The van der Waals surface area contributed by atoms with Crippen LogP contribution in [-0.4, -0.2) is 9.78 Å². The Balaban J connectivity index is 2.01. The Morgan fingerprint density at radius 3 is 2.88 bits per heavy atom. The summed E-state index contributed by atoms with van der Waals surface area (Å²) in [6.45, 7) is 5.51. The van der Waals surface area contributed by atoms with E-state index in [1.54, 1.807) is 6.07 Å². The van der Waals surface area contributed by atoms with Gasteiger partial charge in [-0.25, -0.2) is 0 Å². The van der Waals surface area contributed by atoms with Crippen molar-refractivity contribution in [3.05, 3.63) is 34.0 Å². The molecule has 0 atom stereocenters. The Hall–Kier alpha value is -1.36. The standard InChI is InChI=1S/C11H14FN3S/c1-3-15-7-10(8(2)14-15)13-6-9-4-5-11(12)16-9/h4-5,7,13H,3,6H2,1-2H3. The molecule has 2 aromatic heterocycles. The van der Waals surface area contributed by atoms with Crippen molar-refractivity contribution >= 4 is 17.0 Å². The predicted octanol–water partition coefficient (Wildman–Crippen LogP) is 3.02. The zero-order valence-corrected chi connectivity index (χ0v) is 10.1. The number of nitrogens with one attached hydrogen (secondary N) is 1. The van der Waals surface area contributed by atoms with Crippen LogP contribution < -0.4 is 5.32 Å². The van der Waals surface area contributed by atoms with Crippen LogP contribution in [0.25, 0.3) is 0 Å². The molecule has 0 fully saturated rings. The van der Waals surface area contributed by atoms with Crippen LogP contribution in [0.5, 0.6) is 0 Å². The summed E-state index contributed by atoms with van der Waals surface area (Å²) in [5, 5.41) is 7.45. The summed E-state index contributed by atoms with van der Waals surface area (Å²) in [5.74, 6) is 0. The molecule has 0 unspecified atom stereocenters. The Kier molecular flexibility index (Phi) is 3.24. The first kappa shape index (κ1) is 11.1. The fourth-order valence-corrected chi connectivity index (χ4v) is 2.15. The summed E-state index contributed by atoms with van der Waals surface area (Å²) in [7, 11) is 0. The van der Waals surface area contributed by atoms with Gasteiger partial charge >= 0.3 is 0 Å². The summed E-state index contributed by atoms with van der Waals surface area (Å²) in [5.41, 5.74) is 1.98. The summed E-state index contributed by atoms with van der Waals surface area (Å²) < 4.78 is 14.6. The molecule has 86 valence electrons. The number of halogens is 1. The lowest BCUT2D eigenvalue weighted by atomic mass is 10.4. The second-order valence-electron chi connectivity index (χ2n) is 3.54. The second kappa shape index (κ2) is 4.65. The van der Waals surface area contributed by atoms with E-state index in [9.17, 15) is 4.39 Å². The molecule has 2 heterocycles. The number of aryl methyl sites for hydroxylation is 2. The second-order valence-corrected chi connectivity index (χ2v) is 4.66. The average molecular weight is 239 g/mol. The highest BCUT2D eigenvalue weighted by Gasteiger charge is 2.04. The van der Waals surface area contributed by atoms with Crippen molar-refractivity contribution in [2.45, 2.75) is 26.9 Å². The zero-order valence-electron chi connectivity index (χ0n) is 9.33. The third-order valence-electron chi connectivity index (χ3n) is 2.35. The van der Waals surface area contributed by atoms with Crippen LogP contribution in [0.15, 0.2) is 18.3 Å². The maximum absolute atomic E-state index is 12.8. The average Bonchev–Trinajstić information content (AvgIpc) is 2.82. The molecule has 0 aliphatic carbocycles. The minimum atomic E-state index is -0.141. The fourth-order valence-electron chi connectivity index (χ4n) is 1.48. The van der Waals surface area contributed by atoms with Gasteiger partial charge < -0.3 is 5.32 Å². The highest BCUT2D eigenvalue weighted by Crippen LogP contribution is 2.18. The Bertz CT molecular complexity index is 475. The van der Waals surface area contributed by atoms with E-state index >= 15 is 0 Å². The summed E-state index contributed by atoms with van der Waals surface area (Å²) in [6.07, 6.45) is 1.97. The molecule has 0 amide bonds. The van der Waals surface area contributed by atoms with Crippen LogP contribution in [0.4, 0.5) is 10.1 Å². The monoisotopic (exact) mass is 239 g/mol. The molecule has 1 N–H and O–H groups in total. The number of hydrogen-bond donors (Lipinski definition) is 1. The van der Waals surface area contributed by atoms with Crippen molar-refractivity contribution in [2.75, 3.05) is 5.32 Å². The molecule has 3 nitrogen and oxygen atoms in total. The maximum atomic E-state index is 12.8. The van der Waals surface area contributed by atoms with E-state index in [4.69, 9.17) is 0 Å². The Morgan fingerprint density at radius 1 is 1.50 bits per heavy atom. The van der Waals surface area contributed by atoms with E-state index < -0.39 is 0 Å². The van der Waals surface area contributed by atoms with Gasteiger partial charge in [0.1, 0.15) is 0 Å². The summed E-state index contributed by atoms with van der Waals surface area (Å²) in [6, 6.07) is 3.29. The predicted molar refractivity (Wildman–Crippen MR) is 64.2 cm³/mol. The van der Waals surface area contributed by atoms with E-state index in [1.807, 2.05) is 24.7 Å². The summed E-state index contributed by atoms with van der Waals surface area (Å²) in [4.78, 5) is 0.987. The number of rotatable bonds is 4. The van der Waals surface area contributed by atoms with Crippen molar-refractivity contribution in [3.8, 4) is 0 Å². The molecule has 0 aromatic carbocycles. The van der Waals surface area contributed by atoms with Gasteiger partial charge in [-0.2, -0.15) is 9.49 Å². The highest BCUT2D eigenvalue weighted by molar-refractivity contribution is 7.10. The number of aromatic nitrogens is 2. The zero-order chi connectivity index (χ0) is 11.5. The molecular weight excluding hydrogens is 225 g/mol. The van der Waals surface area contributed by atoms with Gasteiger partial charge in [0.2, 0.25) is 0 Å². The molecule has 16 heavy (non-hydrogen) atoms. The van der Waals surface area contributed by atoms with Gasteiger partial charge in [0.15, 0.2) is 5.13 Å². The van der Waals surface area contributed by atoms with Gasteiger partial charge in [0, 0.05) is 24.2 Å². The SMILES string of the molecule is CCn1cc(NCc2ccc(F)s2)c(C)n1. The van der Waals surface area contributed by atoms with Crippen molar-refractivity contribution in [1.82, 2.24) is 9.78 Å². The van der Waals surface area contributed by atoms with Crippen LogP contribution in [0, 0.1) is 12.1 Å². The van der Waals surface area contributed by atoms with E-state index in [1.165, 1.54) is 17.4 Å². The van der Waals surface area contributed by atoms with Crippen LogP contribution in [0.2, 0.25) is 0 Å². The number of hydrogen-bond acceptors (Lipinski definition) is 3. The van der Waals surface area contributed by atoms with Gasteiger partial charge in [0.05, 0.1) is 11.4 Å². The van der Waals surface area contributed by atoms with Gasteiger partial charge in [-0.15, -0.1) is 11.3 Å². The number of thiophene rings is 1. The first-order valence-electron chi connectivity index (χ1n) is 5.21. The molecule has 5 heteroatoms. The number of nitrogens with zero attached hydrogens (tertiary/aromatic N) is 2. The molecule has 0 saturated carbocycles. The topological polar surface area (TPSA) is 29.9 Å². The van der Waals surface area contributed by atoms with Crippen molar-refractivity contribution in [3.63, 3.8) is 0 Å². The third kappa shape index (κ3) is 2.41. The molecule has 2 rings (SSSR count). The van der Waals surface area contributed by atoms with Crippen molar-refractivity contribution < 1.29 is 4.39 Å². The molecule has 0 spiro atoms. The smallest absolute Gasteiger partial charge is 0.176 e. The molecule has 0 bridgehead atoms. The molecule has 0 aliphatic heterocycles. The minimum absolute atomic E-state index is 0.141. The van der Waals surface area contributed by atoms with Crippen LogP contribution in [0.3, 0.4) is 0 Å². The maximum Gasteiger partial charge on any atom is 0.176 e. The lowest BCUT2D eigenvalue weighted by Crippen LogP contribution is -1.97. The van der Waals surface area contributed by atoms with Gasteiger partial charge in [-0.1, -0.05) is 0 Å². The lowest BCUT2D eigenvalue weighted by molar-refractivity contribution is 0.653. The van der Waals surface area contributed by atoms with E-state index in [2.05, 4.69) is 10.4 Å². The van der Waals surface area contributed by atoms with Crippen molar-refractivity contribution in [1.29, 1.82) is 0 Å². The van der Waals surface area contributed by atoms with Gasteiger partial charge in [0.25, 0.3) is 0 Å². The largest absolute Gasteiger partial charge is 0.377 e. The molecule has 2 aromatic rings. The molecular formula is C11H14FN3S.